The SMILES string of the molecule is CC.CC(=O)N[C@H](C(=O)Nc1ccccc1CC[C@@H]1CN[C@H](C)[C@@H](CSc2ncnc3c2cnn3C)C1)C(c1ccccc1)c1ccccc1. The number of thioether (sulfide) groups is 1. The van der Waals surface area contributed by atoms with E-state index >= 15 is 0 Å². The van der Waals surface area contributed by atoms with Crippen LogP contribution in [-0.4, -0.2) is 55.9 Å². The van der Waals surface area contributed by atoms with Crippen molar-refractivity contribution in [2.75, 3.05) is 17.6 Å². The number of anilines is 1. The summed E-state index contributed by atoms with van der Waals surface area (Å²) in [4.78, 5) is 35.5. The number of nitrogens with zero attached hydrogens (tertiary/aromatic N) is 4. The second-order valence-electron chi connectivity index (χ2n) is 12.7. The van der Waals surface area contributed by atoms with Crippen LogP contribution in [0.2, 0.25) is 0 Å². The van der Waals surface area contributed by atoms with Crippen LogP contribution in [0.1, 0.15) is 63.1 Å². The van der Waals surface area contributed by atoms with Crippen LogP contribution in [0.25, 0.3) is 11.0 Å². The third kappa shape index (κ3) is 9.17. The van der Waals surface area contributed by atoms with E-state index in [0.717, 1.165) is 70.0 Å². The molecular formula is C40H49N7O2S. The van der Waals surface area contributed by atoms with Gasteiger partial charge in [-0.05, 0) is 67.3 Å². The molecule has 2 aromatic heterocycles. The number of piperidine rings is 1. The third-order valence-electron chi connectivity index (χ3n) is 9.39. The van der Waals surface area contributed by atoms with Crippen LogP contribution in [0.5, 0.6) is 0 Å². The summed E-state index contributed by atoms with van der Waals surface area (Å²) >= 11 is 1.78. The number of rotatable bonds is 12. The fourth-order valence-electron chi connectivity index (χ4n) is 6.76. The second kappa shape index (κ2) is 17.9. The van der Waals surface area contributed by atoms with Gasteiger partial charge < -0.3 is 16.0 Å². The minimum Gasteiger partial charge on any atom is -0.344 e. The molecule has 1 fully saturated rings. The third-order valence-corrected chi connectivity index (χ3v) is 10.6. The van der Waals surface area contributed by atoms with Gasteiger partial charge in [0.25, 0.3) is 0 Å². The molecule has 0 aliphatic carbocycles. The molecule has 262 valence electrons. The maximum atomic E-state index is 14.1. The van der Waals surface area contributed by atoms with E-state index < -0.39 is 6.04 Å². The number of benzene rings is 3. The Morgan fingerprint density at radius 3 is 2.30 bits per heavy atom. The summed E-state index contributed by atoms with van der Waals surface area (Å²) in [6, 6.07) is 27.4. The van der Waals surface area contributed by atoms with Gasteiger partial charge in [0.2, 0.25) is 11.8 Å². The van der Waals surface area contributed by atoms with E-state index in [-0.39, 0.29) is 17.7 Å². The Hall–Kier alpha value is -4.54. The lowest BCUT2D eigenvalue weighted by Crippen LogP contribution is -2.47. The van der Waals surface area contributed by atoms with Crippen LogP contribution in [0.3, 0.4) is 0 Å². The molecular weight excluding hydrogens is 643 g/mol. The molecule has 3 aromatic carbocycles. The molecule has 1 saturated heterocycles. The van der Waals surface area contributed by atoms with Gasteiger partial charge in [-0.3, -0.25) is 14.3 Å². The highest BCUT2D eigenvalue weighted by Crippen LogP contribution is 2.33. The smallest absolute Gasteiger partial charge is 0.247 e. The predicted octanol–water partition coefficient (Wildman–Crippen LogP) is 7.00. The van der Waals surface area contributed by atoms with Gasteiger partial charge in [0.15, 0.2) is 5.65 Å². The number of aromatic nitrogens is 4. The van der Waals surface area contributed by atoms with E-state index in [2.05, 4.69) is 44.0 Å². The first-order chi connectivity index (χ1) is 24.4. The highest BCUT2D eigenvalue weighted by atomic mass is 32.2. The Balaban J connectivity index is 0.00000239. The van der Waals surface area contributed by atoms with Gasteiger partial charge in [0.1, 0.15) is 17.4 Å². The van der Waals surface area contributed by atoms with Crippen molar-refractivity contribution in [3.05, 3.63) is 114 Å². The fraction of sp³-hybridized carbons (Fsp3) is 0.375. The molecule has 3 N–H and O–H groups in total. The molecule has 3 heterocycles. The zero-order chi connectivity index (χ0) is 35.5. The number of amides is 2. The number of nitrogens with one attached hydrogen (secondary N) is 3. The molecule has 4 atom stereocenters. The maximum Gasteiger partial charge on any atom is 0.247 e. The summed E-state index contributed by atoms with van der Waals surface area (Å²) in [5.41, 5.74) is 4.65. The summed E-state index contributed by atoms with van der Waals surface area (Å²) in [6.45, 7) is 8.70. The van der Waals surface area contributed by atoms with Crippen molar-refractivity contribution in [1.82, 2.24) is 30.4 Å². The first kappa shape index (κ1) is 36.7. The van der Waals surface area contributed by atoms with E-state index in [9.17, 15) is 9.59 Å². The molecule has 0 spiro atoms. The Morgan fingerprint density at radius 2 is 1.62 bits per heavy atom. The fourth-order valence-corrected chi connectivity index (χ4v) is 7.97. The lowest BCUT2D eigenvalue weighted by atomic mass is 9.83. The van der Waals surface area contributed by atoms with Crippen molar-refractivity contribution in [1.29, 1.82) is 0 Å². The standard InChI is InChI=1S/C38H43N7O2S.C2H6/c1-25-31(23-48-38-32-22-42-45(3)36(32)40-24-41-38)20-27(21-39-25)18-19-28-12-10-11-17-33(28)44-37(47)35(43-26(2)46)34(29-13-6-4-7-14-29)30-15-8-5-9-16-30;1-2/h4-17,22,24-25,27,31,34-35,39H,18-21,23H2,1-3H3,(H,43,46)(H,44,47);1-2H3/t25-,27+,31-,35+;/m1./s1. The lowest BCUT2D eigenvalue weighted by molar-refractivity contribution is -0.125. The summed E-state index contributed by atoms with van der Waals surface area (Å²) in [5, 5.41) is 16.3. The van der Waals surface area contributed by atoms with Crippen LogP contribution in [-0.2, 0) is 23.1 Å². The average molecular weight is 692 g/mol. The first-order valence-electron chi connectivity index (χ1n) is 17.6. The highest BCUT2D eigenvalue weighted by Gasteiger charge is 2.32. The minimum absolute atomic E-state index is 0.243. The monoisotopic (exact) mass is 691 g/mol. The topological polar surface area (TPSA) is 114 Å². The average Bonchev–Trinajstić information content (AvgIpc) is 3.53. The van der Waals surface area contributed by atoms with E-state index in [0.29, 0.717) is 17.9 Å². The zero-order valence-corrected chi connectivity index (χ0v) is 30.5. The number of carbonyl (C=O) groups excluding carboxylic acids is 2. The summed E-state index contributed by atoms with van der Waals surface area (Å²) in [5.74, 6) is 1.12. The van der Waals surface area contributed by atoms with Crippen molar-refractivity contribution in [2.45, 2.75) is 70.0 Å². The van der Waals surface area contributed by atoms with E-state index in [1.54, 1.807) is 22.8 Å². The molecule has 6 rings (SSSR count). The first-order valence-corrected chi connectivity index (χ1v) is 18.6. The Kier molecular flexibility index (Phi) is 13.2. The van der Waals surface area contributed by atoms with Gasteiger partial charge in [-0.25, -0.2) is 9.97 Å². The lowest BCUT2D eigenvalue weighted by Gasteiger charge is -2.35. The van der Waals surface area contributed by atoms with Gasteiger partial charge in [-0.15, -0.1) is 11.8 Å². The van der Waals surface area contributed by atoms with E-state index in [1.807, 2.05) is 106 Å². The van der Waals surface area contributed by atoms with Crippen LogP contribution in [0.15, 0.2) is 102 Å². The molecule has 0 saturated carbocycles. The Bertz CT molecular complexity index is 1790. The maximum absolute atomic E-state index is 14.1. The van der Waals surface area contributed by atoms with Crippen molar-refractivity contribution >= 4 is 40.3 Å². The molecule has 1 aliphatic rings. The number of para-hydroxylation sites is 1. The largest absolute Gasteiger partial charge is 0.344 e. The van der Waals surface area contributed by atoms with Gasteiger partial charge in [0, 0.05) is 37.4 Å². The quantitative estimate of drug-likeness (QED) is 0.0954. The van der Waals surface area contributed by atoms with Crippen LogP contribution >= 0.6 is 11.8 Å². The highest BCUT2D eigenvalue weighted by molar-refractivity contribution is 7.99. The van der Waals surface area contributed by atoms with Gasteiger partial charge in [-0.1, -0.05) is 92.7 Å². The molecule has 10 heteroatoms. The Labute approximate surface area is 300 Å². The van der Waals surface area contributed by atoms with E-state index in [4.69, 9.17) is 0 Å². The summed E-state index contributed by atoms with van der Waals surface area (Å²) in [6.07, 6.45) is 6.43. The predicted molar refractivity (Wildman–Crippen MR) is 203 cm³/mol. The van der Waals surface area contributed by atoms with Crippen LogP contribution in [0, 0.1) is 11.8 Å². The Morgan fingerprint density at radius 1 is 0.960 bits per heavy atom. The van der Waals surface area contributed by atoms with Gasteiger partial charge >= 0.3 is 0 Å². The number of fused-ring (bicyclic) bond motifs is 1. The molecule has 9 nitrogen and oxygen atoms in total. The van der Waals surface area contributed by atoms with Crippen LogP contribution in [0.4, 0.5) is 5.69 Å². The summed E-state index contributed by atoms with van der Waals surface area (Å²) < 4.78 is 1.78. The molecule has 5 aromatic rings. The molecule has 0 unspecified atom stereocenters. The van der Waals surface area contributed by atoms with Crippen molar-refractivity contribution in [2.24, 2.45) is 18.9 Å². The van der Waals surface area contributed by atoms with Crippen molar-refractivity contribution in [3.63, 3.8) is 0 Å². The number of carbonyl (C=O) groups is 2. The number of hydrogen-bond donors (Lipinski definition) is 3. The van der Waals surface area contributed by atoms with Gasteiger partial charge in [0.05, 0.1) is 11.6 Å². The molecule has 0 bridgehead atoms. The molecule has 0 radical (unpaired) electrons. The molecule has 2 amide bonds. The normalized spacial score (nSPS) is 17.8. The summed E-state index contributed by atoms with van der Waals surface area (Å²) in [7, 11) is 1.90. The van der Waals surface area contributed by atoms with E-state index in [1.165, 1.54) is 6.92 Å². The number of aryl methyl sites for hydroxylation is 2. The van der Waals surface area contributed by atoms with Crippen LogP contribution < -0.4 is 16.0 Å². The van der Waals surface area contributed by atoms with Crippen molar-refractivity contribution in [3.8, 4) is 0 Å². The molecule has 1 aliphatic heterocycles. The van der Waals surface area contributed by atoms with Gasteiger partial charge in [-0.2, -0.15) is 5.10 Å². The minimum atomic E-state index is -0.801. The second-order valence-corrected chi connectivity index (χ2v) is 13.7. The number of hydrogen-bond acceptors (Lipinski definition) is 7. The molecule has 50 heavy (non-hydrogen) atoms. The van der Waals surface area contributed by atoms with Crippen molar-refractivity contribution < 1.29 is 9.59 Å². The zero-order valence-electron chi connectivity index (χ0n) is 29.7.